The maximum absolute atomic E-state index is 14.0. The van der Waals surface area contributed by atoms with E-state index in [4.69, 9.17) is 9.47 Å². The van der Waals surface area contributed by atoms with Crippen LogP contribution in [0.15, 0.2) is 85.1 Å². The summed E-state index contributed by atoms with van der Waals surface area (Å²) in [7, 11) is 3.37. The molecule has 3 aromatic carbocycles. The molecule has 3 aromatic rings. The number of hydrogen-bond donors (Lipinski definition) is 1. The Hall–Kier alpha value is -3.73. The molecule has 0 aliphatic carbocycles. The second kappa shape index (κ2) is 10.7. The number of fused-ring (bicyclic) bond motifs is 3. The number of benzene rings is 3. The van der Waals surface area contributed by atoms with E-state index in [9.17, 15) is 4.79 Å². The smallest absolute Gasteiger partial charge is 0.245 e. The second-order valence-electron chi connectivity index (χ2n) is 10.2. The summed E-state index contributed by atoms with van der Waals surface area (Å²) in [6.45, 7) is 7.39. The van der Waals surface area contributed by atoms with E-state index >= 15 is 0 Å². The van der Waals surface area contributed by atoms with Gasteiger partial charge in [0.15, 0.2) is 0 Å². The van der Waals surface area contributed by atoms with E-state index in [0.29, 0.717) is 12.5 Å². The van der Waals surface area contributed by atoms with Crippen molar-refractivity contribution in [3.8, 4) is 11.5 Å². The standard InChI is InChI=1S/C32H36N2O3/c1-21-15-16-27(33-22(2)29(23-11-7-5-8-12-23)24-13-9-6-10-14-24)32(35)34-18-17-25-19-26(36-3)20-28(37-4)30(25)31(21)34/h5-14,19-21,27,29,31,33H,2,15-18H2,1,3-4H3. The molecule has 37 heavy (non-hydrogen) atoms. The highest BCUT2D eigenvalue weighted by molar-refractivity contribution is 5.83. The highest BCUT2D eigenvalue weighted by atomic mass is 16.5. The number of methoxy groups -OCH3 is 2. The van der Waals surface area contributed by atoms with Crippen molar-refractivity contribution in [1.29, 1.82) is 0 Å². The van der Waals surface area contributed by atoms with Crippen molar-refractivity contribution in [3.63, 3.8) is 0 Å². The number of rotatable bonds is 7. The Morgan fingerprint density at radius 3 is 2.22 bits per heavy atom. The van der Waals surface area contributed by atoms with Crippen LogP contribution in [0.2, 0.25) is 0 Å². The molecule has 3 unspecified atom stereocenters. The molecule has 0 bridgehead atoms. The van der Waals surface area contributed by atoms with Crippen LogP contribution in [0.4, 0.5) is 0 Å². The van der Waals surface area contributed by atoms with E-state index in [-0.39, 0.29) is 23.9 Å². The van der Waals surface area contributed by atoms with Crippen LogP contribution in [0.25, 0.3) is 0 Å². The first-order valence-electron chi connectivity index (χ1n) is 13.1. The van der Waals surface area contributed by atoms with Gasteiger partial charge >= 0.3 is 0 Å². The molecule has 2 heterocycles. The molecule has 1 amide bonds. The van der Waals surface area contributed by atoms with Gasteiger partial charge in [0, 0.05) is 29.8 Å². The molecule has 192 valence electrons. The number of carbonyl (C=O) groups excluding carboxylic acids is 1. The Bertz CT molecular complexity index is 1200. The maximum atomic E-state index is 14.0. The molecule has 2 aliphatic heterocycles. The molecule has 5 heteroatoms. The van der Waals surface area contributed by atoms with Crippen LogP contribution in [0.3, 0.4) is 0 Å². The predicted octanol–water partition coefficient (Wildman–Crippen LogP) is 5.86. The van der Waals surface area contributed by atoms with Gasteiger partial charge in [-0.3, -0.25) is 4.79 Å². The van der Waals surface area contributed by atoms with Gasteiger partial charge in [-0.05, 0) is 47.9 Å². The van der Waals surface area contributed by atoms with Gasteiger partial charge in [-0.15, -0.1) is 0 Å². The number of nitrogens with zero attached hydrogens (tertiary/aromatic N) is 1. The van der Waals surface area contributed by atoms with Gasteiger partial charge in [-0.2, -0.15) is 0 Å². The van der Waals surface area contributed by atoms with E-state index in [1.54, 1.807) is 14.2 Å². The summed E-state index contributed by atoms with van der Waals surface area (Å²) in [5.41, 5.74) is 5.50. The lowest BCUT2D eigenvalue weighted by molar-refractivity contribution is -0.136. The lowest BCUT2D eigenvalue weighted by Gasteiger charge is -2.40. The molecule has 0 aromatic heterocycles. The van der Waals surface area contributed by atoms with Crippen LogP contribution in [-0.4, -0.2) is 37.6 Å². The first-order chi connectivity index (χ1) is 18.0. The molecule has 3 atom stereocenters. The topological polar surface area (TPSA) is 50.8 Å². The number of nitrogens with one attached hydrogen (secondary N) is 1. The van der Waals surface area contributed by atoms with Gasteiger partial charge in [0.2, 0.25) is 5.91 Å². The van der Waals surface area contributed by atoms with Gasteiger partial charge in [-0.1, -0.05) is 74.2 Å². The Morgan fingerprint density at radius 1 is 0.973 bits per heavy atom. The SMILES string of the molecule is C=C(NC1CCC(C)C2c3c(cc(OC)cc3OC)CCN2C1=O)C(c1ccccc1)c1ccccc1. The molecule has 5 nitrogen and oxygen atoms in total. The van der Waals surface area contributed by atoms with Gasteiger partial charge in [0.1, 0.15) is 17.5 Å². The normalized spacial score (nSPS) is 21.0. The molecule has 1 saturated heterocycles. The summed E-state index contributed by atoms with van der Waals surface area (Å²) in [4.78, 5) is 16.1. The lowest BCUT2D eigenvalue weighted by Crippen LogP contribution is -2.49. The Kier molecular flexibility index (Phi) is 7.22. The van der Waals surface area contributed by atoms with E-state index in [1.165, 1.54) is 5.56 Å². The third kappa shape index (κ3) is 4.83. The minimum absolute atomic E-state index is 0.0174. The Balaban J connectivity index is 1.44. The van der Waals surface area contributed by atoms with Crippen molar-refractivity contribution in [2.45, 2.75) is 44.2 Å². The Morgan fingerprint density at radius 2 is 1.62 bits per heavy atom. The maximum Gasteiger partial charge on any atom is 0.245 e. The molecule has 2 aliphatic rings. The number of ether oxygens (including phenoxy) is 2. The van der Waals surface area contributed by atoms with Gasteiger partial charge < -0.3 is 19.7 Å². The van der Waals surface area contributed by atoms with Gasteiger partial charge in [0.05, 0.1) is 20.3 Å². The van der Waals surface area contributed by atoms with Crippen LogP contribution in [0, 0.1) is 5.92 Å². The summed E-state index contributed by atoms with van der Waals surface area (Å²) in [6, 6.07) is 24.4. The van der Waals surface area contributed by atoms with Crippen molar-refractivity contribution in [2.24, 2.45) is 5.92 Å². The predicted molar refractivity (Wildman–Crippen MR) is 147 cm³/mol. The number of allylic oxidation sites excluding steroid dienone is 1. The third-order valence-corrected chi connectivity index (χ3v) is 7.92. The zero-order valence-corrected chi connectivity index (χ0v) is 21.9. The third-order valence-electron chi connectivity index (χ3n) is 7.92. The number of amides is 1. The molecular formula is C32H36N2O3. The average molecular weight is 497 g/mol. The van der Waals surface area contributed by atoms with Crippen molar-refractivity contribution in [2.75, 3.05) is 20.8 Å². The average Bonchev–Trinajstić information content (AvgIpc) is 3.05. The summed E-state index contributed by atoms with van der Waals surface area (Å²) < 4.78 is 11.3. The van der Waals surface area contributed by atoms with Crippen molar-refractivity contribution in [1.82, 2.24) is 10.2 Å². The summed E-state index contributed by atoms with van der Waals surface area (Å²) in [6.07, 6.45) is 2.46. The largest absolute Gasteiger partial charge is 0.497 e. The van der Waals surface area contributed by atoms with Crippen molar-refractivity contribution in [3.05, 3.63) is 107 Å². The molecular weight excluding hydrogens is 460 g/mol. The molecule has 1 fully saturated rings. The van der Waals surface area contributed by atoms with Crippen LogP contribution >= 0.6 is 0 Å². The fourth-order valence-electron chi connectivity index (χ4n) is 6.10. The zero-order chi connectivity index (χ0) is 25.9. The minimum atomic E-state index is -0.319. The lowest BCUT2D eigenvalue weighted by atomic mass is 9.83. The fraction of sp³-hybridized carbons (Fsp3) is 0.344. The highest BCUT2D eigenvalue weighted by Gasteiger charge is 2.42. The number of carbonyl (C=O) groups is 1. The van der Waals surface area contributed by atoms with Crippen LogP contribution in [0.1, 0.15) is 54.0 Å². The first kappa shape index (κ1) is 24.9. The zero-order valence-electron chi connectivity index (χ0n) is 21.9. The van der Waals surface area contributed by atoms with Crippen molar-refractivity contribution >= 4 is 5.91 Å². The van der Waals surface area contributed by atoms with Gasteiger partial charge in [0.25, 0.3) is 0 Å². The number of hydrogen-bond acceptors (Lipinski definition) is 4. The van der Waals surface area contributed by atoms with E-state index in [0.717, 1.165) is 53.1 Å². The first-order valence-corrected chi connectivity index (χ1v) is 13.1. The minimum Gasteiger partial charge on any atom is -0.497 e. The van der Waals surface area contributed by atoms with Crippen LogP contribution in [-0.2, 0) is 11.2 Å². The van der Waals surface area contributed by atoms with E-state index in [2.05, 4.69) is 78.3 Å². The Labute approximate surface area is 220 Å². The van der Waals surface area contributed by atoms with Crippen molar-refractivity contribution < 1.29 is 14.3 Å². The molecule has 5 rings (SSSR count). The summed E-state index contributed by atoms with van der Waals surface area (Å²) >= 11 is 0. The highest BCUT2D eigenvalue weighted by Crippen LogP contribution is 2.46. The fourth-order valence-corrected chi connectivity index (χ4v) is 6.10. The molecule has 1 N–H and O–H groups in total. The van der Waals surface area contributed by atoms with Crippen LogP contribution < -0.4 is 14.8 Å². The molecule has 0 spiro atoms. The second-order valence-corrected chi connectivity index (χ2v) is 10.2. The van der Waals surface area contributed by atoms with Gasteiger partial charge in [-0.25, -0.2) is 0 Å². The summed E-state index contributed by atoms with van der Waals surface area (Å²) in [5.74, 6) is 1.98. The quantitative estimate of drug-likeness (QED) is 0.445. The van der Waals surface area contributed by atoms with Crippen LogP contribution in [0.5, 0.6) is 11.5 Å². The molecule has 0 saturated carbocycles. The monoisotopic (exact) mass is 496 g/mol. The molecule has 0 radical (unpaired) electrons. The summed E-state index contributed by atoms with van der Waals surface area (Å²) in [5, 5.41) is 3.59. The van der Waals surface area contributed by atoms with E-state index in [1.807, 2.05) is 18.2 Å². The van der Waals surface area contributed by atoms with E-state index < -0.39 is 0 Å².